The van der Waals surface area contributed by atoms with Gasteiger partial charge in [0.15, 0.2) is 0 Å². The number of nitrogens with one attached hydrogen (secondary N) is 3. The lowest BCUT2D eigenvalue weighted by atomic mass is 10.1. The second kappa shape index (κ2) is 9.86. The van der Waals surface area contributed by atoms with Crippen LogP contribution >= 0.6 is 24.8 Å². The molecule has 2 aromatic heterocycles. The monoisotopic (exact) mass is 400 g/mol. The topological polar surface area (TPSA) is 52.7 Å². The quantitative estimate of drug-likeness (QED) is 0.383. The Morgan fingerprint density at radius 3 is 2.22 bits per heavy atom. The number of anilines is 3. The molecule has 0 saturated carbocycles. The van der Waals surface area contributed by atoms with Gasteiger partial charge in [-0.2, -0.15) is 0 Å². The third-order valence-electron chi connectivity index (χ3n) is 4.25. The number of hydrogen-bond acceptors (Lipinski definition) is 3. The van der Waals surface area contributed by atoms with Crippen LogP contribution in [0.15, 0.2) is 79.3 Å². The minimum Gasteiger partial charge on any atom is -0.385 e. The van der Waals surface area contributed by atoms with Crippen LogP contribution in [0.4, 0.5) is 17.1 Å². The van der Waals surface area contributed by atoms with E-state index in [9.17, 15) is 0 Å². The molecule has 140 valence electrons. The number of hydrogen-bond donors (Lipinski definition) is 3. The van der Waals surface area contributed by atoms with E-state index in [0.717, 1.165) is 30.0 Å². The molecule has 0 saturated heterocycles. The van der Waals surface area contributed by atoms with Crippen molar-refractivity contribution in [2.75, 3.05) is 17.2 Å². The SMILES string of the molecule is Cl.Cl.c1ccc2c(CCNc3ccc(Nc4ccncc4)cc3)c[nH]c2c1. The fraction of sp³-hybridized carbons (Fsp3) is 0.0952. The first-order chi connectivity index (χ1) is 12.4. The minimum absolute atomic E-state index is 0. The average molecular weight is 401 g/mol. The van der Waals surface area contributed by atoms with E-state index in [2.05, 4.69) is 75.3 Å². The second-order valence-corrected chi connectivity index (χ2v) is 5.97. The summed E-state index contributed by atoms with van der Waals surface area (Å²) in [6, 6.07) is 20.7. The van der Waals surface area contributed by atoms with Gasteiger partial charge in [0.2, 0.25) is 0 Å². The number of pyridine rings is 1. The molecule has 4 aromatic rings. The Labute approximate surface area is 171 Å². The summed E-state index contributed by atoms with van der Waals surface area (Å²) in [4.78, 5) is 7.35. The normalized spacial score (nSPS) is 9.93. The molecule has 0 amide bonds. The van der Waals surface area contributed by atoms with E-state index in [1.54, 1.807) is 12.4 Å². The molecule has 0 unspecified atom stereocenters. The van der Waals surface area contributed by atoms with E-state index in [1.807, 2.05) is 12.1 Å². The average Bonchev–Trinajstić information content (AvgIpc) is 3.07. The van der Waals surface area contributed by atoms with Crippen LogP contribution in [0.1, 0.15) is 5.56 Å². The van der Waals surface area contributed by atoms with Gasteiger partial charge in [-0.1, -0.05) is 18.2 Å². The number of rotatable bonds is 6. The summed E-state index contributed by atoms with van der Waals surface area (Å²) >= 11 is 0. The largest absolute Gasteiger partial charge is 0.385 e. The van der Waals surface area contributed by atoms with E-state index in [-0.39, 0.29) is 24.8 Å². The number of nitrogens with zero attached hydrogens (tertiary/aromatic N) is 1. The lowest BCUT2D eigenvalue weighted by molar-refractivity contribution is 1.03. The van der Waals surface area contributed by atoms with Crippen molar-refractivity contribution in [2.45, 2.75) is 6.42 Å². The first-order valence-corrected chi connectivity index (χ1v) is 8.44. The van der Waals surface area contributed by atoms with Crippen molar-refractivity contribution in [2.24, 2.45) is 0 Å². The van der Waals surface area contributed by atoms with Gasteiger partial charge in [-0.25, -0.2) is 0 Å². The Kier molecular flexibility index (Phi) is 7.53. The highest BCUT2D eigenvalue weighted by molar-refractivity contribution is 5.85. The van der Waals surface area contributed by atoms with Gasteiger partial charge < -0.3 is 15.6 Å². The maximum absolute atomic E-state index is 4.02. The lowest BCUT2D eigenvalue weighted by Gasteiger charge is -2.09. The smallest absolute Gasteiger partial charge is 0.0456 e. The van der Waals surface area contributed by atoms with Crippen molar-refractivity contribution in [3.8, 4) is 0 Å². The maximum atomic E-state index is 4.02. The molecule has 4 nitrogen and oxygen atoms in total. The summed E-state index contributed by atoms with van der Waals surface area (Å²) in [5.41, 5.74) is 5.77. The van der Waals surface area contributed by atoms with E-state index in [1.165, 1.54) is 16.5 Å². The molecule has 2 aromatic carbocycles. The maximum Gasteiger partial charge on any atom is 0.0456 e. The molecule has 0 bridgehead atoms. The van der Waals surface area contributed by atoms with Crippen molar-refractivity contribution in [1.29, 1.82) is 0 Å². The molecule has 4 rings (SSSR count). The van der Waals surface area contributed by atoms with Crippen molar-refractivity contribution < 1.29 is 0 Å². The Bertz CT molecular complexity index is 953. The summed E-state index contributed by atoms with van der Waals surface area (Å²) < 4.78 is 0. The number of aromatic amines is 1. The summed E-state index contributed by atoms with van der Waals surface area (Å²) in [5.74, 6) is 0. The molecule has 0 radical (unpaired) electrons. The molecule has 0 aliphatic carbocycles. The van der Waals surface area contributed by atoms with Crippen LogP contribution in [0.3, 0.4) is 0 Å². The van der Waals surface area contributed by atoms with Gasteiger partial charge in [0.05, 0.1) is 0 Å². The van der Waals surface area contributed by atoms with Crippen molar-refractivity contribution in [3.05, 3.63) is 84.8 Å². The fourth-order valence-electron chi connectivity index (χ4n) is 2.95. The van der Waals surface area contributed by atoms with Crippen molar-refractivity contribution >= 4 is 52.8 Å². The molecule has 0 aliphatic rings. The summed E-state index contributed by atoms with van der Waals surface area (Å²) in [5, 5.41) is 8.15. The standard InChI is InChI=1S/C21H20N4.2ClH/c1-2-4-21-20(3-1)16(15-24-21)9-14-23-17-5-7-18(8-6-17)25-19-10-12-22-13-11-19;;/h1-8,10-13,15,23-24H,9,14H2,(H,22,25);2*1H. The third-order valence-corrected chi connectivity index (χ3v) is 4.25. The first-order valence-electron chi connectivity index (χ1n) is 8.44. The predicted octanol–water partition coefficient (Wildman–Crippen LogP) is 5.80. The Balaban J connectivity index is 0.00000131. The summed E-state index contributed by atoms with van der Waals surface area (Å²) in [6.45, 7) is 0.902. The molecule has 0 aliphatic heterocycles. The molecule has 27 heavy (non-hydrogen) atoms. The minimum atomic E-state index is 0. The Morgan fingerprint density at radius 1 is 0.778 bits per heavy atom. The molecule has 3 N–H and O–H groups in total. The van der Waals surface area contributed by atoms with E-state index in [4.69, 9.17) is 0 Å². The van der Waals surface area contributed by atoms with Crippen LogP contribution in [0.2, 0.25) is 0 Å². The molecular formula is C21H22Cl2N4. The molecule has 6 heteroatoms. The molecule has 2 heterocycles. The zero-order valence-electron chi connectivity index (χ0n) is 14.7. The summed E-state index contributed by atoms with van der Waals surface area (Å²) in [7, 11) is 0. The molecule has 0 atom stereocenters. The first kappa shape index (κ1) is 20.6. The van der Waals surface area contributed by atoms with Crippen LogP contribution in [0, 0.1) is 0 Å². The number of benzene rings is 2. The lowest BCUT2D eigenvalue weighted by Crippen LogP contribution is -2.04. The van der Waals surface area contributed by atoms with Crippen LogP contribution in [-0.4, -0.2) is 16.5 Å². The second-order valence-electron chi connectivity index (χ2n) is 5.97. The van der Waals surface area contributed by atoms with Gasteiger partial charge in [0.1, 0.15) is 0 Å². The predicted molar refractivity (Wildman–Crippen MR) is 119 cm³/mol. The van der Waals surface area contributed by atoms with Gasteiger partial charge in [0.25, 0.3) is 0 Å². The van der Waals surface area contributed by atoms with Gasteiger partial charge >= 0.3 is 0 Å². The van der Waals surface area contributed by atoms with Gasteiger partial charge in [-0.15, -0.1) is 24.8 Å². The molecular weight excluding hydrogens is 379 g/mol. The van der Waals surface area contributed by atoms with Gasteiger partial charge in [-0.3, -0.25) is 4.98 Å². The fourth-order valence-corrected chi connectivity index (χ4v) is 2.95. The zero-order chi connectivity index (χ0) is 16.9. The Hall–Kier alpha value is -2.69. The van der Waals surface area contributed by atoms with Gasteiger partial charge in [-0.05, 0) is 54.4 Å². The van der Waals surface area contributed by atoms with E-state index < -0.39 is 0 Å². The number of halogens is 2. The number of para-hydroxylation sites is 1. The van der Waals surface area contributed by atoms with E-state index in [0.29, 0.717) is 0 Å². The number of aromatic nitrogens is 2. The van der Waals surface area contributed by atoms with Crippen molar-refractivity contribution in [3.63, 3.8) is 0 Å². The van der Waals surface area contributed by atoms with Crippen molar-refractivity contribution in [1.82, 2.24) is 9.97 Å². The summed E-state index contributed by atoms with van der Waals surface area (Å²) in [6.07, 6.45) is 6.65. The molecule has 0 fully saturated rings. The third kappa shape index (κ3) is 5.16. The van der Waals surface area contributed by atoms with Gasteiger partial charge in [0, 0.05) is 53.1 Å². The highest BCUT2D eigenvalue weighted by Crippen LogP contribution is 2.20. The number of fused-ring (bicyclic) bond motifs is 1. The zero-order valence-corrected chi connectivity index (χ0v) is 16.3. The van der Waals surface area contributed by atoms with Crippen LogP contribution in [-0.2, 0) is 6.42 Å². The highest BCUT2D eigenvalue weighted by atomic mass is 35.5. The highest BCUT2D eigenvalue weighted by Gasteiger charge is 2.02. The van der Waals surface area contributed by atoms with Crippen LogP contribution < -0.4 is 10.6 Å². The van der Waals surface area contributed by atoms with Crippen LogP contribution in [0.5, 0.6) is 0 Å². The number of H-pyrrole nitrogens is 1. The van der Waals surface area contributed by atoms with E-state index >= 15 is 0 Å². The van der Waals surface area contributed by atoms with Crippen LogP contribution in [0.25, 0.3) is 10.9 Å². The molecule has 0 spiro atoms. The Morgan fingerprint density at radius 2 is 1.44 bits per heavy atom.